The molecule has 1 aromatic rings. The molecule has 22 heavy (non-hydrogen) atoms. The Kier molecular flexibility index (Phi) is 3.93. The third-order valence-electron chi connectivity index (χ3n) is 3.84. The molecule has 2 heterocycles. The molecule has 0 aromatic heterocycles. The van der Waals surface area contributed by atoms with E-state index < -0.39 is 5.79 Å². The van der Waals surface area contributed by atoms with E-state index >= 15 is 0 Å². The topological polar surface area (TPSA) is 54.0 Å². The number of carbonyl (C=O) groups excluding carboxylic acids is 1. The number of fused-ring (bicyclic) bond motifs is 1. The summed E-state index contributed by atoms with van der Waals surface area (Å²) >= 11 is 0. The van der Waals surface area contributed by atoms with Gasteiger partial charge in [-0.25, -0.2) is 0 Å². The summed E-state index contributed by atoms with van der Waals surface area (Å²) in [6.45, 7) is 8.14. The molecule has 0 amide bonds. The Morgan fingerprint density at radius 2 is 2.09 bits per heavy atom. The molecule has 2 aliphatic rings. The van der Waals surface area contributed by atoms with Gasteiger partial charge in [-0.15, -0.1) is 0 Å². The molecule has 0 N–H and O–H groups in total. The fraction of sp³-hybridized carbons (Fsp3) is 0.471. The lowest BCUT2D eigenvalue weighted by Gasteiger charge is -2.19. The maximum atomic E-state index is 10.6. The fourth-order valence-corrected chi connectivity index (χ4v) is 2.83. The maximum absolute atomic E-state index is 10.6. The smallest absolute Gasteiger partial charge is 0.231 e. The van der Waals surface area contributed by atoms with Gasteiger partial charge in [0.15, 0.2) is 17.3 Å². The van der Waals surface area contributed by atoms with E-state index in [1.54, 1.807) is 0 Å². The van der Waals surface area contributed by atoms with Crippen molar-refractivity contribution in [1.29, 1.82) is 0 Å². The molecule has 0 aliphatic carbocycles. The summed E-state index contributed by atoms with van der Waals surface area (Å²) in [6, 6.07) is 5.70. The largest absolute Gasteiger partial charge is 0.454 e. The van der Waals surface area contributed by atoms with Gasteiger partial charge in [-0.05, 0) is 43.5 Å². The molecule has 3 rings (SSSR count). The van der Waals surface area contributed by atoms with Gasteiger partial charge in [0.2, 0.25) is 6.79 Å². The van der Waals surface area contributed by atoms with Crippen molar-refractivity contribution in [2.75, 3.05) is 6.79 Å². The van der Waals surface area contributed by atoms with Crippen LogP contribution in [0.1, 0.15) is 32.3 Å². The molecule has 0 spiro atoms. The van der Waals surface area contributed by atoms with Crippen LogP contribution in [0.25, 0.3) is 5.57 Å². The van der Waals surface area contributed by atoms with Crippen LogP contribution in [0.4, 0.5) is 0 Å². The molecule has 1 saturated heterocycles. The molecule has 0 bridgehead atoms. The van der Waals surface area contributed by atoms with Crippen LogP contribution in [0.2, 0.25) is 0 Å². The highest BCUT2D eigenvalue weighted by Crippen LogP contribution is 2.40. The SMILES string of the molecule is C=C(c1ccc2c(c1)OCO2)[C@@H]1OC(C)(C)O[C@@H]1CCC=O. The minimum atomic E-state index is -0.683. The first-order chi connectivity index (χ1) is 10.5. The summed E-state index contributed by atoms with van der Waals surface area (Å²) in [5, 5.41) is 0. The molecular weight excluding hydrogens is 284 g/mol. The highest BCUT2D eigenvalue weighted by Gasteiger charge is 2.42. The number of carbonyl (C=O) groups is 1. The Bertz CT molecular complexity index is 593. The van der Waals surface area contributed by atoms with Crippen molar-refractivity contribution >= 4 is 11.9 Å². The summed E-state index contributed by atoms with van der Waals surface area (Å²) < 4.78 is 22.6. The molecule has 5 nitrogen and oxygen atoms in total. The summed E-state index contributed by atoms with van der Waals surface area (Å²) in [6.07, 6.45) is 1.49. The van der Waals surface area contributed by atoms with Crippen molar-refractivity contribution in [1.82, 2.24) is 0 Å². The van der Waals surface area contributed by atoms with E-state index in [9.17, 15) is 4.79 Å². The molecule has 2 aliphatic heterocycles. The summed E-state index contributed by atoms with van der Waals surface area (Å²) in [4.78, 5) is 10.6. The van der Waals surface area contributed by atoms with Crippen LogP contribution in [-0.2, 0) is 14.3 Å². The third-order valence-corrected chi connectivity index (χ3v) is 3.84. The van der Waals surface area contributed by atoms with Crippen LogP contribution in [0, 0.1) is 0 Å². The van der Waals surface area contributed by atoms with Crippen molar-refractivity contribution in [3.63, 3.8) is 0 Å². The van der Waals surface area contributed by atoms with Gasteiger partial charge in [0.25, 0.3) is 0 Å². The summed E-state index contributed by atoms with van der Waals surface area (Å²) in [5.41, 5.74) is 1.74. The Hall–Kier alpha value is -1.85. The fourth-order valence-electron chi connectivity index (χ4n) is 2.83. The average Bonchev–Trinajstić information content (AvgIpc) is 3.07. The van der Waals surface area contributed by atoms with Gasteiger partial charge in [0, 0.05) is 6.42 Å². The summed E-state index contributed by atoms with van der Waals surface area (Å²) in [5.74, 6) is 0.761. The normalized spacial score (nSPS) is 25.2. The van der Waals surface area contributed by atoms with Gasteiger partial charge >= 0.3 is 0 Å². The number of hydrogen-bond donors (Lipinski definition) is 0. The lowest BCUT2D eigenvalue weighted by Crippen LogP contribution is -2.23. The highest BCUT2D eigenvalue weighted by atomic mass is 16.8. The molecule has 2 atom stereocenters. The van der Waals surface area contributed by atoms with Crippen LogP contribution >= 0.6 is 0 Å². The molecule has 118 valence electrons. The zero-order valence-corrected chi connectivity index (χ0v) is 12.8. The monoisotopic (exact) mass is 304 g/mol. The predicted molar refractivity (Wildman–Crippen MR) is 80.7 cm³/mol. The predicted octanol–water partition coefficient (Wildman–Crippen LogP) is 2.93. The van der Waals surface area contributed by atoms with Crippen molar-refractivity contribution in [2.45, 2.75) is 44.7 Å². The van der Waals surface area contributed by atoms with E-state index in [1.807, 2.05) is 32.0 Å². The lowest BCUT2D eigenvalue weighted by atomic mass is 9.96. The average molecular weight is 304 g/mol. The minimum absolute atomic E-state index is 0.182. The van der Waals surface area contributed by atoms with Crippen LogP contribution in [-0.4, -0.2) is 31.1 Å². The number of ether oxygens (including phenoxy) is 4. The number of benzene rings is 1. The van der Waals surface area contributed by atoms with Crippen molar-refractivity contribution in [3.8, 4) is 11.5 Å². The first-order valence-corrected chi connectivity index (χ1v) is 7.38. The molecule has 1 aromatic carbocycles. The second kappa shape index (κ2) is 5.74. The summed E-state index contributed by atoms with van der Waals surface area (Å²) in [7, 11) is 0. The number of hydrogen-bond acceptors (Lipinski definition) is 5. The van der Waals surface area contributed by atoms with E-state index in [0.717, 1.165) is 23.2 Å². The van der Waals surface area contributed by atoms with E-state index in [0.29, 0.717) is 18.6 Å². The second-order valence-corrected chi connectivity index (χ2v) is 5.93. The van der Waals surface area contributed by atoms with E-state index in [1.165, 1.54) is 0 Å². The first kappa shape index (κ1) is 15.1. The van der Waals surface area contributed by atoms with Crippen LogP contribution in [0.5, 0.6) is 11.5 Å². The van der Waals surface area contributed by atoms with Gasteiger partial charge in [0.1, 0.15) is 12.4 Å². The van der Waals surface area contributed by atoms with Crippen LogP contribution in [0.15, 0.2) is 24.8 Å². The number of rotatable bonds is 5. The third kappa shape index (κ3) is 2.87. The quantitative estimate of drug-likeness (QED) is 0.783. The minimum Gasteiger partial charge on any atom is -0.454 e. The molecule has 0 radical (unpaired) electrons. The first-order valence-electron chi connectivity index (χ1n) is 7.38. The number of aldehydes is 1. The van der Waals surface area contributed by atoms with Gasteiger partial charge < -0.3 is 23.7 Å². The lowest BCUT2D eigenvalue weighted by molar-refractivity contribution is -0.143. The highest BCUT2D eigenvalue weighted by molar-refractivity contribution is 5.70. The van der Waals surface area contributed by atoms with E-state index in [4.69, 9.17) is 18.9 Å². The molecule has 1 fully saturated rings. The molecular formula is C17H20O5. The van der Waals surface area contributed by atoms with Gasteiger partial charge in [-0.3, -0.25) is 0 Å². The van der Waals surface area contributed by atoms with Crippen LogP contribution in [0.3, 0.4) is 0 Å². The van der Waals surface area contributed by atoms with Crippen LogP contribution < -0.4 is 9.47 Å². The zero-order chi connectivity index (χ0) is 15.7. The Morgan fingerprint density at radius 1 is 1.32 bits per heavy atom. The van der Waals surface area contributed by atoms with Gasteiger partial charge in [0.05, 0.1) is 6.10 Å². The van der Waals surface area contributed by atoms with Crippen molar-refractivity contribution in [2.24, 2.45) is 0 Å². The molecule has 0 saturated carbocycles. The standard InChI is InChI=1S/C17H20O5/c1-11(12-6-7-13-15(9-12)20-10-19-13)16-14(5-4-8-18)21-17(2,3)22-16/h6-9,14,16H,1,4-5,10H2,2-3H3/t14-,16+/m1/s1. The molecule has 5 heteroatoms. The Balaban J connectivity index is 1.81. The Morgan fingerprint density at radius 3 is 2.86 bits per heavy atom. The molecule has 0 unspecified atom stereocenters. The van der Waals surface area contributed by atoms with E-state index in [2.05, 4.69) is 6.58 Å². The van der Waals surface area contributed by atoms with E-state index in [-0.39, 0.29) is 19.0 Å². The second-order valence-electron chi connectivity index (χ2n) is 5.93. The van der Waals surface area contributed by atoms with Crippen molar-refractivity contribution in [3.05, 3.63) is 30.3 Å². The van der Waals surface area contributed by atoms with Gasteiger partial charge in [-0.2, -0.15) is 0 Å². The van der Waals surface area contributed by atoms with Gasteiger partial charge in [-0.1, -0.05) is 12.6 Å². The Labute approximate surface area is 129 Å². The van der Waals surface area contributed by atoms with Crippen molar-refractivity contribution < 1.29 is 23.7 Å². The zero-order valence-electron chi connectivity index (χ0n) is 12.8. The maximum Gasteiger partial charge on any atom is 0.231 e.